The molecule has 1 aliphatic heterocycles. The molecular formula is C12H27NO. The minimum absolute atomic E-state index is 0.0880. The van der Waals surface area contributed by atoms with E-state index in [0.717, 1.165) is 19.4 Å². The Morgan fingerprint density at radius 1 is 1.29 bits per heavy atom. The Morgan fingerprint density at radius 2 is 1.79 bits per heavy atom. The van der Waals surface area contributed by atoms with Crippen LogP contribution in [0.4, 0.5) is 0 Å². The molecule has 0 aromatic carbocycles. The van der Waals surface area contributed by atoms with Gasteiger partial charge < -0.3 is 5.11 Å². The zero-order valence-corrected chi connectivity index (χ0v) is 10.7. The molecule has 14 heavy (non-hydrogen) atoms. The second-order valence-electron chi connectivity index (χ2n) is 4.75. The lowest BCUT2D eigenvalue weighted by atomic mass is 9.87. The summed E-state index contributed by atoms with van der Waals surface area (Å²) in [7, 11) is 0. The summed E-state index contributed by atoms with van der Waals surface area (Å²) in [5.74, 6) is 0. The lowest BCUT2D eigenvalue weighted by Crippen LogP contribution is -2.54. The van der Waals surface area contributed by atoms with Gasteiger partial charge in [0, 0.05) is 18.1 Å². The van der Waals surface area contributed by atoms with Crippen LogP contribution in [0.1, 0.15) is 54.4 Å². The van der Waals surface area contributed by atoms with Crippen LogP contribution in [0.15, 0.2) is 0 Å². The number of aliphatic hydroxyl groups is 1. The van der Waals surface area contributed by atoms with Gasteiger partial charge in [0.25, 0.3) is 0 Å². The zero-order chi connectivity index (χ0) is 11.4. The number of likely N-dealkylation sites (tertiary alicyclic amines) is 1. The number of hydrogen-bond acceptors (Lipinski definition) is 2. The van der Waals surface area contributed by atoms with Crippen molar-refractivity contribution in [3.05, 3.63) is 0 Å². The third-order valence-corrected chi connectivity index (χ3v) is 2.84. The van der Waals surface area contributed by atoms with Gasteiger partial charge in [-0.3, -0.25) is 4.90 Å². The summed E-state index contributed by atoms with van der Waals surface area (Å²) in [6.45, 7) is 13.9. The molecule has 2 heteroatoms. The average molecular weight is 201 g/mol. The average Bonchev–Trinajstić information content (AvgIpc) is 2.04. The maximum absolute atomic E-state index is 9.52. The second kappa shape index (κ2) is 5.72. The first-order valence-corrected chi connectivity index (χ1v) is 5.88. The molecule has 1 heterocycles. The van der Waals surface area contributed by atoms with E-state index in [9.17, 15) is 5.11 Å². The van der Waals surface area contributed by atoms with Crippen LogP contribution >= 0.6 is 0 Å². The van der Waals surface area contributed by atoms with E-state index in [4.69, 9.17) is 0 Å². The van der Waals surface area contributed by atoms with Crippen LogP contribution in [0, 0.1) is 0 Å². The third kappa shape index (κ3) is 3.58. The summed E-state index contributed by atoms with van der Waals surface area (Å²) >= 11 is 0. The predicted octanol–water partition coefficient (Wildman–Crippen LogP) is 2.66. The molecule has 1 saturated heterocycles. The quantitative estimate of drug-likeness (QED) is 0.705. The van der Waals surface area contributed by atoms with Crippen LogP contribution in [0.5, 0.6) is 0 Å². The van der Waals surface area contributed by atoms with Crippen LogP contribution in [0.25, 0.3) is 0 Å². The van der Waals surface area contributed by atoms with Crippen molar-refractivity contribution < 1.29 is 5.11 Å². The Kier molecular flexibility index (Phi) is 5.68. The summed E-state index contributed by atoms with van der Waals surface area (Å²) in [4.78, 5) is 2.47. The molecule has 1 atom stereocenters. The van der Waals surface area contributed by atoms with Gasteiger partial charge in [-0.25, -0.2) is 0 Å². The first kappa shape index (κ1) is 13.9. The van der Waals surface area contributed by atoms with E-state index in [1.807, 2.05) is 13.8 Å². The molecular weight excluding hydrogens is 174 g/mol. The molecule has 0 aromatic rings. The van der Waals surface area contributed by atoms with E-state index in [0.29, 0.717) is 6.04 Å². The first-order valence-electron chi connectivity index (χ1n) is 5.88. The molecule has 1 N–H and O–H groups in total. The fourth-order valence-corrected chi connectivity index (χ4v) is 2.34. The molecule has 0 aliphatic carbocycles. The number of rotatable bonds is 1. The van der Waals surface area contributed by atoms with E-state index in [-0.39, 0.29) is 11.6 Å². The number of nitrogens with zero attached hydrogens (tertiary/aromatic N) is 1. The maximum atomic E-state index is 9.52. The highest BCUT2D eigenvalue weighted by Gasteiger charge is 2.34. The SMILES string of the molecule is CC.CC(C)N1CCC(O)CC1(C)C. The number of piperidine rings is 1. The van der Waals surface area contributed by atoms with Crippen molar-refractivity contribution in [3.8, 4) is 0 Å². The van der Waals surface area contributed by atoms with Crippen LogP contribution in [0.2, 0.25) is 0 Å². The highest BCUT2D eigenvalue weighted by atomic mass is 16.3. The molecule has 1 fully saturated rings. The molecule has 86 valence electrons. The summed E-state index contributed by atoms with van der Waals surface area (Å²) in [6.07, 6.45) is 1.75. The van der Waals surface area contributed by atoms with E-state index in [1.165, 1.54) is 0 Å². The van der Waals surface area contributed by atoms with Gasteiger partial charge in [0.2, 0.25) is 0 Å². The fourth-order valence-electron chi connectivity index (χ4n) is 2.34. The standard InChI is InChI=1S/C10H21NO.C2H6/c1-8(2)11-6-5-9(12)7-10(11,3)4;1-2/h8-9,12H,5-7H2,1-4H3;1-2H3. The van der Waals surface area contributed by atoms with Crippen molar-refractivity contribution >= 4 is 0 Å². The molecule has 0 radical (unpaired) electrons. The molecule has 1 aliphatic rings. The van der Waals surface area contributed by atoms with Crippen LogP contribution in [-0.4, -0.2) is 34.2 Å². The first-order chi connectivity index (χ1) is 6.43. The zero-order valence-electron chi connectivity index (χ0n) is 10.7. The van der Waals surface area contributed by atoms with Gasteiger partial charge in [-0.05, 0) is 40.5 Å². The summed E-state index contributed by atoms with van der Waals surface area (Å²) in [6, 6.07) is 0.590. The Balaban J connectivity index is 0.000000791. The van der Waals surface area contributed by atoms with Crippen molar-refractivity contribution in [2.75, 3.05) is 6.54 Å². The van der Waals surface area contributed by atoms with Gasteiger partial charge in [-0.1, -0.05) is 13.8 Å². The Hall–Kier alpha value is -0.0800. The minimum Gasteiger partial charge on any atom is -0.393 e. The summed E-state index contributed by atoms with van der Waals surface area (Å²) in [5, 5.41) is 9.52. The van der Waals surface area contributed by atoms with E-state index < -0.39 is 0 Å². The summed E-state index contributed by atoms with van der Waals surface area (Å²) in [5.41, 5.74) is 0.172. The molecule has 0 bridgehead atoms. The summed E-state index contributed by atoms with van der Waals surface area (Å²) < 4.78 is 0. The highest BCUT2D eigenvalue weighted by Crippen LogP contribution is 2.29. The van der Waals surface area contributed by atoms with Crippen molar-refractivity contribution in [2.24, 2.45) is 0 Å². The lowest BCUT2D eigenvalue weighted by Gasteiger charge is -2.46. The topological polar surface area (TPSA) is 23.5 Å². The number of aliphatic hydroxyl groups excluding tert-OH is 1. The highest BCUT2D eigenvalue weighted by molar-refractivity contribution is 4.90. The van der Waals surface area contributed by atoms with Gasteiger partial charge in [0.1, 0.15) is 0 Å². The largest absolute Gasteiger partial charge is 0.393 e. The molecule has 1 rings (SSSR count). The predicted molar refractivity (Wildman–Crippen MR) is 62.5 cm³/mol. The van der Waals surface area contributed by atoms with E-state index in [2.05, 4.69) is 32.6 Å². The van der Waals surface area contributed by atoms with Gasteiger partial charge in [0.15, 0.2) is 0 Å². The van der Waals surface area contributed by atoms with Crippen molar-refractivity contribution in [3.63, 3.8) is 0 Å². The Morgan fingerprint density at radius 3 is 2.14 bits per heavy atom. The Bertz CT molecular complexity index is 154. The fraction of sp³-hybridized carbons (Fsp3) is 1.00. The van der Waals surface area contributed by atoms with Gasteiger partial charge >= 0.3 is 0 Å². The second-order valence-corrected chi connectivity index (χ2v) is 4.75. The van der Waals surface area contributed by atoms with E-state index >= 15 is 0 Å². The van der Waals surface area contributed by atoms with Gasteiger partial charge in [-0.2, -0.15) is 0 Å². The minimum atomic E-state index is -0.0880. The van der Waals surface area contributed by atoms with Gasteiger partial charge in [-0.15, -0.1) is 0 Å². The molecule has 0 spiro atoms. The molecule has 1 unspecified atom stereocenters. The van der Waals surface area contributed by atoms with Gasteiger partial charge in [0.05, 0.1) is 6.10 Å². The lowest BCUT2D eigenvalue weighted by molar-refractivity contribution is -0.0193. The molecule has 0 aromatic heterocycles. The maximum Gasteiger partial charge on any atom is 0.0569 e. The van der Waals surface area contributed by atoms with Crippen LogP contribution < -0.4 is 0 Å². The van der Waals surface area contributed by atoms with Crippen molar-refractivity contribution in [2.45, 2.75) is 72.1 Å². The van der Waals surface area contributed by atoms with Crippen molar-refractivity contribution in [1.82, 2.24) is 4.90 Å². The third-order valence-electron chi connectivity index (χ3n) is 2.84. The molecule has 0 amide bonds. The Labute approximate surface area is 89.3 Å². The number of hydrogen-bond donors (Lipinski definition) is 1. The van der Waals surface area contributed by atoms with E-state index in [1.54, 1.807) is 0 Å². The normalized spacial score (nSPS) is 27.0. The molecule has 2 nitrogen and oxygen atoms in total. The molecule has 0 saturated carbocycles. The van der Waals surface area contributed by atoms with Crippen LogP contribution in [-0.2, 0) is 0 Å². The van der Waals surface area contributed by atoms with Crippen LogP contribution in [0.3, 0.4) is 0 Å². The monoisotopic (exact) mass is 201 g/mol. The smallest absolute Gasteiger partial charge is 0.0569 e. The van der Waals surface area contributed by atoms with Crippen molar-refractivity contribution in [1.29, 1.82) is 0 Å².